The first-order chi connectivity index (χ1) is 9.12. The highest BCUT2D eigenvalue weighted by atomic mass is 19.3. The van der Waals surface area contributed by atoms with Crippen LogP contribution >= 0.6 is 0 Å². The summed E-state index contributed by atoms with van der Waals surface area (Å²) < 4.78 is 34.2. The van der Waals surface area contributed by atoms with Crippen molar-refractivity contribution >= 4 is 0 Å². The zero-order valence-corrected chi connectivity index (χ0v) is 11.0. The summed E-state index contributed by atoms with van der Waals surface area (Å²) in [5.41, 5.74) is 0.849. The van der Waals surface area contributed by atoms with Gasteiger partial charge in [0.1, 0.15) is 0 Å². The number of alkyl halides is 2. The van der Waals surface area contributed by atoms with Crippen LogP contribution in [-0.4, -0.2) is 32.0 Å². The van der Waals surface area contributed by atoms with Crippen molar-refractivity contribution in [2.45, 2.75) is 26.0 Å². The van der Waals surface area contributed by atoms with Gasteiger partial charge in [0.15, 0.2) is 11.5 Å². The lowest BCUT2D eigenvalue weighted by Crippen LogP contribution is -2.17. The minimum Gasteiger partial charge on any atom is -0.490 e. The van der Waals surface area contributed by atoms with Crippen LogP contribution in [0.15, 0.2) is 18.2 Å². The quantitative estimate of drug-likeness (QED) is 0.764. The van der Waals surface area contributed by atoms with Gasteiger partial charge in [0.25, 0.3) is 0 Å². The van der Waals surface area contributed by atoms with Crippen LogP contribution in [0.3, 0.4) is 0 Å². The van der Waals surface area contributed by atoms with Crippen molar-refractivity contribution in [2.75, 3.05) is 20.3 Å². The Bertz CT molecular complexity index is 388. The van der Waals surface area contributed by atoms with Crippen LogP contribution < -0.4 is 14.8 Å². The number of ether oxygens (including phenoxy) is 2. The van der Waals surface area contributed by atoms with Crippen molar-refractivity contribution in [1.82, 2.24) is 5.32 Å². The smallest absolute Gasteiger partial charge is 0.387 e. The third kappa shape index (κ3) is 4.65. The largest absolute Gasteiger partial charge is 0.490 e. The van der Waals surface area contributed by atoms with E-state index in [0.717, 1.165) is 5.56 Å². The maximum Gasteiger partial charge on any atom is 0.387 e. The molecule has 0 aliphatic rings. The van der Waals surface area contributed by atoms with E-state index in [-0.39, 0.29) is 24.1 Å². The molecule has 0 bridgehead atoms. The molecule has 0 heterocycles. The predicted molar refractivity (Wildman–Crippen MR) is 67.7 cm³/mol. The summed E-state index contributed by atoms with van der Waals surface area (Å²) in [4.78, 5) is 0. The first-order valence-electron chi connectivity index (χ1n) is 6.12. The average molecular weight is 275 g/mol. The third-order valence-electron chi connectivity index (χ3n) is 2.65. The van der Waals surface area contributed by atoms with Crippen LogP contribution in [-0.2, 0) is 0 Å². The number of benzene rings is 1. The van der Waals surface area contributed by atoms with Crippen LogP contribution in [0.4, 0.5) is 8.78 Å². The minimum absolute atomic E-state index is 0.0134. The summed E-state index contributed by atoms with van der Waals surface area (Å²) in [6, 6.07) is 4.72. The molecule has 0 amide bonds. The van der Waals surface area contributed by atoms with Crippen molar-refractivity contribution in [3.63, 3.8) is 0 Å². The fourth-order valence-corrected chi connectivity index (χ4v) is 1.81. The molecular formula is C13H19F2NO3. The number of halogens is 2. The van der Waals surface area contributed by atoms with Crippen LogP contribution in [0.5, 0.6) is 11.5 Å². The van der Waals surface area contributed by atoms with Gasteiger partial charge in [-0.25, -0.2) is 0 Å². The van der Waals surface area contributed by atoms with E-state index in [1.54, 1.807) is 26.1 Å². The summed E-state index contributed by atoms with van der Waals surface area (Å²) in [5, 5.41) is 12.0. The molecule has 6 heteroatoms. The number of rotatable bonds is 8. The zero-order valence-electron chi connectivity index (χ0n) is 11.0. The Labute approximate surface area is 111 Å². The van der Waals surface area contributed by atoms with E-state index >= 15 is 0 Å². The van der Waals surface area contributed by atoms with E-state index < -0.39 is 6.61 Å². The molecule has 0 radical (unpaired) electrons. The third-order valence-corrected chi connectivity index (χ3v) is 2.65. The first-order valence-corrected chi connectivity index (χ1v) is 6.12. The van der Waals surface area contributed by atoms with E-state index in [4.69, 9.17) is 9.84 Å². The van der Waals surface area contributed by atoms with E-state index in [2.05, 4.69) is 10.1 Å². The molecule has 108 valence electrons. The van der Waals surface area contributed by atoms with Gasteiger partial charge < -0.3 is 19.9 Å². The van der Waals surface area contributed by atoms with Gasteiger partial charge in [-0.2, -0.15) is 8.78 Å². The molecule has 1 unspecified atom stereocenters. The van der Waals surface area contributed by atoms with E-state index in [1.807, 2.05) is 0 Å². The number of aliphatic hydroxyl groups is 1. The predicted octanol–water partition coefficient (Wildman–Crippen LogP) is 2.33. The molecular weight excluding hydrogens is 256 g/mol. The number of nitrogens with one attached hydrogen (secondary N) is 1. The fraction of sp³-hybridized carbons (Fsp3) is 0.538. The normalized spacial score (nSPS) is 12.5. The van der Waals surface area contributed by atoms with E-state index in [9.17, 15) is 8.78 Å². The van der Waals surface area contributed by atoms with Gasteiger partial charge in [0.2, 0.25) is 0 Å². The summed E-state index contributed by atoms with van der Waals surface area (Å²) in [6.07, 6.45) is 0.525. The number of hydrogen-bond acceptors (Lipinski definition) is 4. The SMILES string of the molecule is CCOc1cc(C(CCO)NC)ccc1OC(F)F. The fourth-order valence-electron chi connectivity index (χ4n) is 1.81. The van der Waals surface area contributed by atoms with Gasteiger partial charge in [-0.3, -0.25) is 0 Å². The van der Waals surface area contributed by atoms with Crippen molar-refractivity contribution < 1.29 is 23.4 Å². The number of aliphatic hydroxyl groups excluding tert-OH is 1. The zero-order chi connectivity index (χ0) is 14.3. The molecule has 1 aromatic rings. The van der Waals surface area contributed by atoms with E-state index in [0.29, 0.717) is 13.0 Å². The molecule has 1 rings (SSSR count). The Balaban J connectivity index is 2.99. The van der Waals surface area contributed by atoms with Crippen molar-refractivity contribution in [1.29, 1.82) is 0 Å². The second-order valence-corrected chi connectivity index (χ2v) is 3.87. The van der Waals surface area contributed by atoms with Crippen molar-refractivity contribution in [2.24, 2.45) is 0 Å². The topological polar surface area (TPSA) is 50.7 Å². The van der Waals surface area contributed by atoms with Crippen LogP contribution in [0, 0.1) is 0 Å². The van der Waals surface area contributed by atoms with Crippen LogP contribution in [0.2, 0.25) is 0 Å². The standard InChI is InChI=1S/C13H19F2NO3/c1-3-18-12-8-9(10(16-2)6-7-17)4-5-11(12)19-13(14)15/h4-5,8,10,13,16-17H,3,6-7H2,1-2H3. The molecule has 0 saturated heterocycles. The highest BCUT2D eigenvalue weighted by Crippen LogP contribution is 2.32. The molecule has 4 nitrogen and oxygen atoms in total. The minimum atomic E-state index is -2.89. The Hall–Kier alpha value is -1.40. The van der Waals surface area contributed by atoms with Gasteiger partial charge in [-0.05, 0) is 38.1 Å². The Morgan fingerprint density at radius 1 is 1.32 bits per heavy atom. The summed E-state index contributed by atoms with van der Waals surface area (Å²) in [6.45, 7) is -0.734. The summed E-state index contributed by atoms with van der Waals surface area (Å²) >= 11 is 0. The molecule has 2 N–H and O–H groups in total. The molecule has 0 aliphatic carbocycles. The van der Waals surface area contributed by atoms with Gasteiger partial charge >= 0.3 is 6.61 Å². The lowest BCUT2D eigenvalue weighted by atomic mass is 10.0. The Morgan fingerprint density at radius 2 is 2.05 bits per heavy atom. The Morgan fingerprint density at radius 3 is 2.58 bits per heavy atom. The lowest BCUT2D eigenvalue weighted by molar-refractivity contribution is -0.0514. The van der Waals surface area contributed by atoms with Gasteiger partial charge in [-0.15, -0.1) is 0 Å². The highest BCUT2D eigenvalue weighted by molar-refractivity contribution is 5.44. The van der Waals surface area contributed by atoms with Gasteiger partial charge in [0.05, 0.1) is 6.61 Å². The van der Waals surface area contributed by atoms with Crippen molar-refractivity contribution in [3.8, 4) is 11.5 Å². The first kappa shape index (κ1) is 15.7. The maximum atomic E-state index is 12.3. The van der Waals surface area contributed by atoms with Gasteiger partial charge in [0, 0.05) is 12.6 Å². The molecule has 0 aliphatic heterocycles. The highest BCUT2D eigenvalue weighted by Gasteiger charge is 2.15. The van der Waals surface area contributed by atoms with Gasteiger partial charge in [-0.1, -0.05) is 6.07 Å². The molecule has 1 atom stereocenters. The van der Waals surface area contributed by atoms with E-state index in [1.165, 1.54) is 6.07 Å². The lowest BCUT2D eigenvalue weighted by Gasteiger charge is -2.18. The molecule has 19 heavy (non-hydrogen) atoms. The molecule has 0 fully saturated rings. The molecule has 0 spiro atoms. The average Bonchev–Trinajstić information content (AvgIpc) is 2.38. The molecule has 0 aromatic heterocycles. The second kappa shape index (κ2) is 7.91. The van der Waals surface area contributed by atoms with Crippen LogP contribution in [0.1, 0.15) is 24.9 Å². The van der Waals surface area contributed by atoms with Crippen LogP contribution in [0.25, 0.3) is 0 Å². The summed E-state index contributed by atoms with van der Waals surface area (Å²) in [7, 11) is 1.77. The monoisotopic (exact) mass is 275 g/mol. The molecule has 1 aromatic carbocycles. The summed E-state index contributed by atoms with van der Waals surface area (Å²) in [5.74, 6) is 0.290. The number of hydrogen-bond donors (Lipinski definition) is 2. The second-order valence-electron chi connectivity index (χ2n) is 3.87. The van der Waals surface area contributed by atoms with Crippen molar-refractivity contribution in [3.05, 3.63) is 23.8 Å². The maximum absolute atomic E-state index is 12.3. The Kier molecular flexibility index (Phi) is 6.52. The molecule has 0 saturated carbocycles.